The van der Waals surface area contributed by atoms with Crippen LogP contribution in [-0.4, -0.2) is 42.1 Å². The molecule has 1 fully saturated rings. The number of methoxy groups -OCH3 is 1. The van der Waals surface area contributed by atoms with E-state index in [-0.39, 0.29) is 19.1 Å². The molecule has 2 rings (SSSR count). The van der Waals surface area contributed by atoms with Crippen LogP contribution in [0, 0.1) is 11.7 Å². The standard InChI is InChI=1S/C14H16FNO4/c1-20-8-11-6-9(2-3-12(11)15)13(17)16-5-4-10(7-16)14(18)19/h2-3,6,10H,4-5,7-8H2,1H3,(H,18,19)/t10-/m1/s1. The van der Waals surface area contributed by atoms with Gasteiger partial charge in [-0.3, -0.25) is 9.59 Å². The van der Waals surface area contributed by atoms with E-state index < -0.39 is 17.7 Å². The number of halogens is 1. The highest BCUT2D eigenvalue weighted by atomic mass is 19.1. The number of ether oxygens (including phenoxy) is 1. The van der Waals surface area contributed by atoms with Crippen LogP contribution in [0.2, 0.25) is 0 Å². The molecule has 6 heteroatoms. The van der Waals surface area contributed by atoms with Gasteiger partial charge >= 0.3 is 5.97 Å². The Labute approximate surface area is 116 Å². The fourth-order valence-electron chi connectivity index (χ4n) is 2.30. The van der Waals surface area contributed by atoms with Crippen LogP contribution >= 0.6 is 0 Å². The highest BCUT2D eigenvalue weighted by Crippen LogP contribution is 2.20. The number of hydrogen-bond acceptors (Lipinski definition) is 3. The summed E-state index contributed by atoms with van der Waals surface area (Å²) in [5.74, 6) is -2.10. The van der Waals surface area contributed by atoms with Crippen molar-refractivity contribution < 1.29 is 23.8 Å². The van der Waals surface area contributed by atoms with E-state index in [1.807, 2.05) is 0 Å². The molecule has 0 aliphatic carbocycles. The normalized spacial score (nSPS) is 18.3. The molecule has 1 N–H and O–H groups in total. The average molecular weight is 281 g/mol. The zero-order valence-corrected chi connectivity index (χ0v) is 11.1. The largest absolute Gasteiger partial charge is 0.481 e. The van der Waals surface area contributed by atoms with Gasteiger partial charge < -0.3 is 14.7 Å². The Hall–Kier alpha value is -1.95. The highest BCUT2D eigenvalue weighted by molar-refractivity contribution is 5.95. The summed E-state index contributed by atoms with van der Waals surface area (Å²) in [6.07, 6.45) is 0.452. The Kier molecular flexibility index (Phi) is 4.34. The second kappa shape index (κ2) is 6.00. The van der Waals surface area contributed by atoms with E-state index in [2.05, 4.69) is 0 Å². The number of carboxylic acid groups (broad SMARTS) is 1. The predicted molar refractivity (Wildman–Crippen MR) is 68.8 cm³/mol. The molecule has 1 aromatic carbocycles. The lowest BCUT2D eigenvalue weighted by atomic mass is 10.1. The summed E-state index contributed by atoms with van der Waals surface area (Å²) >= 11 is 0. The van der Waals surface area contributed by atoms with E-state index in [1.165, 1.54) is 30.2 Å². The van der Waals surface area contributed by atoms with E-state index in [1.54, 1.807) is 0 Å². The van der Waals surface area contributed by atoms with Crippen LogP contribution in [0.5, 0.6) is 0 Å². The molecule has 5 nitrogen and oxygen atoms in total. The Bertz CT molecular complexity index is 532. The number of carbonyl (C=O) groups is 2. The van der Waals surface area contributed by atoms with Crippen LogP contribution in [0.1, 0.15) is 22.3 Å². The van der Waals surface area contributed by atoms with Crippen molar-refractivity contribution in [1.82, 2.24) is 4.90 Å². The first kappa shape index (κ1) is 14.5. The molecular formula is C14H16FNO4. The third-order valence-corrected chi connectivity index (χ3v) is 3.42. The Balaban J connectivity index is 2.14. The summed E-state index contributed by atoms with van der Waals surface area (Å²) in [7, 11) is 1.45. The van der Waals surface area contributed by atoms with Crippen molar-refractivity contribution in [2.24, 2.45) is 5.92 Å². The molecule has 0 spiro atoms. The van der Waals surface area contributed by atoms with Gasteiger partial charge in [0.15, 0.2) is 0 Å². The van der Waals surface area contributed by atoms with Crippen LogP contribution in [0.15, 0.2) is 18.2 Å². The summed E-state index contributed by atoms with van der Waals surface area (Å²) in [4.78, 5) is 24.6. The van der Waals surface area contributed by atoms with Gasteiger partial charge in [0.2, 0.25) is 0 Å². The zero-order valence-electron chi connectivity index (χ0n) is 11.1. The first-order valence-electron chi connectivity index (χ1n) is 6.32. The second-order valence-electron chi connectivity index (χ2n) is 4.81. The number of amides is 1. The van der Waals surface area contributed by atoms with Gasteiger partial charge in [0.25, 0.3) is 5.91 Å². The average Bonchev–Trinajstić information content (AvgIpc) is 2.90. The number of aliphatic carboxylic acids is 1. The number of hydrogen-bond donors (Lipinski definition) is 1. The first-order chi connectivity index (χ1) is 9.52. The monoisotopic (exact) mass is 281 g/mol. The van der Waals surface area contributed by atoms with Crippen LogP contribution in [0.25, 0.3) is 0 Å². The SMILES string of the molecule is COCc1cc(C(=O)N2CC[C@@H](C(=O)O)C2)ccc1F. The molecule has 108 valence electrons. The fraction of sp³-hybridized carbons (Fsp3) is 0.429. The molecular weight excluding hydrogens is 265 g/mol. The molecule has 1 aliphatic heterocycles. The van der Waals surface area contributed by atoms with Gasteiger partial charge in [0.05, 0.1) is 12.5 Å². The third-order valence-electron chi connectivity index (χ3n) is 3.42. The van der Waals surface area contributed by atoms with E-state index >= 15 is 0 Å². The number of carbonyl (C=O) groups excluding carboxylic acids is 1. The first-order valence-corrected chi connectivity index (χ1v) is 6.32. The topological polar surface area (TPSA) is 66.8 Å². The summed E-state index contributed by atoms with van der Waals surface area (Å²) in [5, 5.41) is 8.93. The smallest absolute Gasteiger partial charge is 0.308 e. The number of rotatable bonds is 4. The van der Waals surface area contributed by atoms with Crippen molar-refractivity contribution in [3.05, 3.63) is 35.1 Å². The van der Waals surface area contributed by atoms with Crippen molar-refractivity contribution in [3.8, 4) is 0 Å². The minimum atomic E-state index is -0.889. The van der Waals surface area contributed by atoms with E-state index in [0.29, 0.717) is 24.1 Å². The molecule has 1 aliphatic rings. The maximum atomic E-state index is 13.5. The lowest BCUT2D eigenvalue weighted by Crippen LogP contribution is -2.30. The number of carboxylic acids is 1. The molecule has 0 saturated carbocycles. The highest BCUT2D eigenvalue weighted by Gasteiger charge is 2.31. The molecule has 0 radical (unpaired) electrons. The molecule has 1 heterocycles. The minimum absolute atomic E-state index is 0.0880. The maximum Gasteiger partial charge on any atom is 0.308 e. The summed E-state index contributed by atoms with van der Waals surface area (Å²) in [5.41, 5.74) is 0.664. The van der Waals surface area contributed by atoms with Crippen LogP contribution in [-0.2, 0) is 16.1 Å². The quantitative estimate of drug-likeness (QED) is 0.908. The predicted octanol–water partition coefficient (Wildman–Crippen LogP) is 1.52. The van der Waals surface area contributed by atoms with Gasteiger partial charge in [-0.05, 0) is 24.6 Å². The maximum absolute atomic E-state index is 13.5. The summed E-state index contributed by atoms with van der Waals surface area (Å²) in [6.45, 7) is 0.697. The molecule has 1 aromatic rings. The number of likely N-dealkylation sites (tertiary alicyclic amines) is 1. The van der Waals surface area contributed by atoms with Crippen molar-refractivity contribution in [2.45, 2.75) is 13.0 Å². The van der Waals surface area contributed by atoms with Crippen molar-refractivity contribution in [2.75, 3.05) is 20.2 Å². The molecule has 0 bridgehead atoms. The number of nitrogens with zero attached hydrogens (tertiary/aromatic N) is 1. The van der Waals surface area contributed by atoms with Crippen LogP contribution in [0.4, 0.5) is 4.39 Å². The lowest BCUT2D eigenvalue weighted by molar-refractivity contribution is -0.141. The fourth-order valence-corrected chi connectivity index (χ4v) is 2.30. The summed E-state index contributed by atoms with van der Waals surface area (Å²) < 4.78 is 18.4. The molecule has 1 amide bonds. The molecule has 1 saturated heterocycles. The lowest BCUT2D eigenvalue weighted by Gasteiger charge is -2.16. The Morgan fingerprint density at radius 1 is 1.50 bits per heavy atom. The second-order valence-corrected chi connectivity index (χ2v) is 4.81. The van der Waals surface area contributed by atoms with E-state index in [0.717, 1.165) is 0 Å². The van der Waals surface area contributed by atoms with Crippen LogP contribution < -0.4 is 0 Å². The molecule has 20 heavy (non-hydrogen) atoms. The van der Waals surface area contributed by atoms with Crippen molar-refractivity contribution >= 4 is 11.9 Å². The van der Waals surface area contributed by atoms with E-state index in [9.17, 15) is 14.0 Å². The molecule has 1 atom stereocenters. The molecule has 0 aromatic heterocycles. The van der Waals surface area contributed by atoms with Crippen molar-refractivity contribution in [3.63, 3.8) is 0 Å². The van der Waals surface area contributed by atoms with Gasteiger partial charge in [0.1, 0.15) is 5.82 Å². The van der Waals surface area contributed by atoms with E-state index in [4.69, 9.17) is 9.84 Å². The van der Waals surface area contributed by atoms with Gasteiger partial charge in [-0.2, -0.15) is 0 Å². The van der Waals surface area contributed by atoms with Gasteiger partial charge in [-0.15, -0.1) is 0 Å². The Morgan fingerprint density at radius 3 is 2.85 bits per heavy atom. The van der Waals surface area contributed by atoms with Crippen LogP contribution in [0.3, 0.4) is 0 Å². The third kappa shape index (κ3) is 2.96. The van der Waals surface area contributed by atoms with Gasteiger partial charge in [-0.1, -0.05) is 0 Å². The minimum Gasteiger partial charge on any atom is -0.481 e. The van der Waals surface area contributed by atoms with Gasteiger partial charge in [-0.25, -0.2) is 4.39 Å². The molecule has 0 unspecified atom stereocenters. The van der Waals surface area contributed by atoms with Crippen molar-refractivity contribution in [1.29, 1.82) is 0 Å². The number of benzene rings is 1. The summed E-state index contributed by atoms with van der Waals surface area (Å²) in [6, 6.07) is 4.09. The Morgan fingerprint density at radius 2 is 2.25 bits per heavy atom. The van der Waals surface area contributed by atoms with Gasteiger partial charge in [0, 0.05) is 31.3 Å². The zero-order chi connectivity index (χ0) is 14.7.